The molecule has 1 radical (unpaired) electrons. The molecular weight excluding hydrogens is 443 g/mol. The molecule has 0 heterocycles. The van der Waals surface area contributed by atoms with Crippen LogP contribution in [0.5, 0.6) is 0 Å². The third-order valence-corrected chi connectivity index (χ3v) is 0. The SMILES string of the molecule is CC(=O)O.CC(=O)O.CC(=O)O.CC(=O)O.F[B]F.[CH2-]C.[CH2-]C.[O]=[Pd]. The maximum absolute atomic E-state index is 9.50. The van der Waals surface area contributed by atoms with Gasteiger partial charge in [0.25, 0.3) is 23.9 Å². The van der Waals surface area contributed by atoms with Crippen molar-refractivity contribution in [2.24, 2.45) is 0 Å². The van der Waals surface area contributed by atoms with Crippen LogP contribution in [0.2, 0.25) is 0 Å². The number of halogens is 2. The van der Waals surface area contributed by atoms with Gasteiger partial charge >= 0.3 is 30.5 Å². The van der Waals surface area contributed by atoms with Crippen molar-refractivity contribution in [3.8, 4) is 0 Å². The van der Waals surface area contributed by atoms with Gasteiger partial charge in [-0.1, -0.05) is 0 Å². The van der Waals surface area contributed by atoms with Gasteiger partial charge in [0.2, 0.25) is 0 Å². The number of hydrogen-bond donors (Lipinski definition) is 4. The summed E-state index contributed by atoms with van der Waals surface area (Å²) in [6, 6.07) is 0. The van der Waals surface area contributed by atoms with Gasteiger partial charge in [-0.25, -0.2) is 0 Å². The molecule has 0 fully saturated rings. The monoisotopic (exact) mass is 469 g/mol. The molecule has 0 bridgehead atoms. The molecule has 0 saturated heterocycles. The molecule has 4 N–H and O–H groups in total. The molecule has 0 unspecified atom stereocenters. The molecule has 25 heavy (non-hydrogen) atoms. The number of rotatable bonds is 0. The second-order valence-electron chi connectivity index (χ2n) is 2.16. The van der Waals surface area contributed by atoms with Gasteiger partial charge in [-0.15, -0.1) is 0 Å². The van der Waals surface area contributed by atoms with Gasteiger partial charge in [0.05, 0.1) is 0 Å². The quantitative estimate of drug-likeness (QED) is 0.308. The summed E-state index contributed by atoms with van der Waals surface area (Å²) in [7, 11) is -1.00. The zero-order chi connectivity index (χ0) is 23.0. The zero-order valence-electron chi connectivity index (χ0n) is 14.9. The number of aliphatic carboxylic acids is 4. The number of carboxylic acids is 4. The number of carbonyl (C=O) groups is 4. The minimum atomic E-state index is -1.00. The Balaban J connectivity index is -0.0000000225. The van der Waals surface area contributed by atoms with E-state index in [2.05, 4.69) is 13.8 Å². The van der Waals surface area contributed by atoms with Crippen LogP contribution in [0.3, 0.4) is 0 Å². The van der Waals surface area contributed by atoms with Crippen LogP contribution in [0.15, 0.2) is 0 Å². The molecule has 0 rings (SSSR count). The van der Waals surface area contributed by atoms with Gasteiger partial charge in [-0.2, -0.15) is 13.8 Å². The second-order valence-corrected chi connectivity index (χ2v) is 2.16. The van der Waals surface area contributed by atoms with Gasteiger partial charge < -0.3 is 34.3 Å². The predicted octanol–water partition coefficient (Wildman–Crippen LogP) is 2.38. The van der Waals surface area contributed by atoms with E-state index in [9.17, 15) is 8.63 Å². The first-order chi connectivity index (χ1) is 11.3. The molecule has 0 atom stereocenters. The molecule has 0 spiro atoms. The Morgan fingerprint density at radius 1 is 0.640 bits per heavy atom. The Morgan fingerprint density at radius 3 is 0.640 bits per heavy atom. The van der Waals surface area contributed by atoms with Crippen molar-refractivity contribution in [3.05, 3.63) is 13.8 Å². The van der Waals surface area contributed by atoms with Crippen molar-refractivity contribution in [3.63, 3.8) is 0 Å². The molecule has 0 aliphatic rings. The molecule has 0 saturated carbocycles. The third kappa shape index (κ3) is 3050. The van der Waals surface area contributed by atoms with Crippen molar-refractivity contribution in [1.29, 1.82) is 0 Å². The van der Waals surface area contributed by atoms with Gasteiger partial charge in [0.15, 0.2) is 0 Å². The topological polar surface area (TPSA) is 166 Å². The van der Waals surface area contributed by atoms with E-state index < -0.39 is 31.7 Å². The van der Waals surface area contributed by atoms with E-state index in [4.69, 9.17) is 43.1 Å². The first kappa shape index (κ1) is 49.5. The summed E-state index contributed by atoms with van der Waals surface area (Å²) >= 11 is 1.50. The van der Waals surface area contributed by atoms with E-state index in [0.29, 0.717) is 0 Å². The van der Waals surface area contributed by atoms with Crippen LogP contribution < -0.4 is 0 Å². The van der Waals surface area contributed by atoms with Crippen LogP contribution in [-0.4, -0.2) is 52.1 Å². The summed E-state index contributed by atoms with van der Waals surface area (Å²) in [5, 5.41) is 29.7. The van der Waals surface area contributed by atoms with E-state index in [1.54, 1.807) is 13.8 Å². The van der Waals surface area contributed by atoms with Crippen LogP contribution in [0.1, 0.15) is 41.5 Å². The standard InChI is InChI=1S/4C2H4O2.2C2H5.BF2.O.Pd/c4*1-2(3)4;2*1-2;2-1-3;;/h4*1H3,(H,3,4);2*1H2,2H3;;;/q;;;;2*-1;;;. The van der Waals surface area contributed by atoms with E-state index in [1.807, 2.05) is 0 Å². The summed E-state index contributed by atoms with van der Waals surface area (Å²) in [6.45, 7) is 14.3. The van der Waals surface area contributed by atoms with Gasteiger partial charge in [0, 0.05) is 27.7 Å². The molecule has 0 aromatic heterocycles. The Hall–Kier alpha value is -1.73. The average Bonchev–Trinajstić information content (AvgIpc) is 2.43. The minimum absolute atomic E-state index is 0.833. The molecule has 157 valence electrons. The Labute approximate surface area is 158 Å². The van der Waals surface area contributed by atoms with Crippen molar-refractivity contribution < 1.29 is 70.9 Å². The number of hydrogen-bond acceptors (Lipinski definition) is 5. The molecule has 9 nitrogen and oxygen atoms in total. The summed E-state index contributed by atoms with van der Waals surface area (Å²) < 4.78 is 27.1. The summed E-state index contributed by atoms with van der Waals surface area (Å²) in [5.74, 6) is -3.33. The summed E-state index contributed by atoms with van der Waals surface area (Å²) in [4.78, 5) is 36.0. The Morgan fingerprint density at radius 2 is 0.640 bits per heavy atom. The van der Waals surface area contributed by atoms with Gasteiger partial charge in [0.1, 0.15) is 0 Å². The molecule has 13 heteroatoms. The molecule has 0 aromatic rings. The van der Waals surface area contributed by atoms with Gasteiger partial charge in [-0.3, -0.25) is 27.8 Å². The molecular formula is C12H26BF2O9Pd-2. The van der Waals surface area contributed by atoms with Crippen molar-refractivity contribution in [1.82, 2.24) is 0 Å². The van der Waals surface area contributed by atoms with Crippen LogP contribution in [0.4, 0.5) is 8.63 Å². The van der Waals surface area contributed by atoms with Crippen LogP contribution in [-0.2, 0) is 41.8 Å². The Kier molecular flexibility index (Phi) is 157. The van der Waals surface area contributed by atoms with Crippen LogP contribution >= 0.6 is 0 Å². The average molecular weight is 470 g/mol. The zero-order valence-corrected chi connectivity index (χ0v) is 16.4. The molecule has 0 amide bonds. The fourth-order valence-electron chi connectivity index (χ4n) is 0. The van der Waals surface area contributed by atoms with E-state index >= 15 is 0 Å². The third-order valence-electron chi connectivity index (χ3n) is 0. The van der Waals surface area contributed by atoms with Crippen LogP contribution in [0, 0.1) is 13.8 Å². The van der Waals surface area contributed by atoms with Gasteiger partial charge in [-0.05, 0) is 0 Å². The second kappa shape index (κ2) is 79.3. The van der Waals surface area contributed by atoms with Crippen molar-refractivity contribution >= 4 is 31.7 Å². The normalized spacial score (nSPS) is 5.28. The van der Waals surface area contributed by atoms with Crippen molar-refractivity contribution in [2.45, 2.75) is 41.5 Å². The predicted molar refractivity (Wildman–Crippen MR) is 84.0 cm³/mol. The first-order valence-electron chi connectivity index (χ1n) is 5.69. The summed E-state index contributed by atoms with van der Waals surface area (Å²) in [5.41, 5.74) is 0. The van der Waals surface area contributed by atoms with Crippen LogP contribution in [0.25, 0.3) is 0 Å². The van der Waals surface area contributed by atoms with E-state index in [-0.39, 0.29) is 0 Å². The van der Waals surface area contributed by atoms with E-state index in [1.165, 1.54) is 19.2 Å². The fraction of sp³-hybridized carbons (Fsp3) is 0.500. The number of carboxylic acid groups (broad SMARTS) is 4. The first-order valence-corrected chi connectivity index (χ1v) is 6.33. The summed E-state index contributed by atoms with van der Waals surface area (Å²) in [6.07, 6.45) is 0. The van der Waals surface area contributed by atoms with Crippen molar-refractivity contribution in [2.75, 3.05) is 0 Å². The maximum atomic E-state index is 9.50. The van der Waals surface area contributed by atoms with E-state index in [0.717, 1.165) is 27.7 Å². The molecule has 0 aromatic carbocycles. The molecule has 0 aliphatic heterocycles. The fourth-order valence-corrected chi connectivity index (χ4v) is 0. The molecule has 0 aliphatic carbocycles. The Bertz CT molecular complexity index is 207.